The van der Waals surface area contributed by atoms with Crippen LogP contribution in [0.4, 0.5) is 0 Å². The molecule has 104 valence electrons. The monoisotopic (exact) mass is 261 g/mol. The van der Waals surface area contributed by atoms with Crippen molar-refractivity contribution in [3.8, 4) is 5.75 Å². The lowest BCUT2D eigenvalue weighted by molar-refractivity contribution is 0.414. The molecular weight excluding hydrogens is 238 g/mol. The normalized spacial score (nSPS) is 23.1. The van der Waals surface area contributed by atoms with Crippen molar-refractivity contribution in [3.63, 3.8) is 0 Å². The third-order valence-corrected chi connectivity index (χ3v) is 3.09. The molecule has 4 nitrogen and oxygen atoms in total. The molecular formula is C15H23N3O. The molecule has 1 aliphatic rings. The lowest BCUT2D eigenvalue weighted by atomic mass is 10.1. The molecule has 1 aliphatic carbocycles. The Bertz CT molecular complexity index is 477. The fourth-order valence-electron chi connectivity index (χ4n) is 2.15. The van der Waals surface area contributed by atoms with Crippen molar-refractivity contribution in [1.82, 2.24) is 5.32 Å². The number of hydrogen-bond donors (Lipinski definition) is 2. The summed E-state index contributed by atoms with van der Waals surface area (Å²) in [5.74, 6) is 1.89. The van der Waals surface area contributed by atoms with Gasteiger partial charge >= 0.3 is 0 Å². The van der Waals surface area contributed by atoms with E-state index >= 15 is 0 Å². The van der Waals surface area contributed by atoms with Crippen molar-refractivity contribution in [2.75, 3.05) is 7.11 Å². The van der Waals surface area contributed by atoms with Gasteiger partial charge in [0.15, 0.2) is 5.96 Å². The molecule has 0 heterocycles. The van der Waals surface area contributed by atoms with Crippen LogP contribution >= 0.6 is 0 Å². The zero-order chi connectivity index (χ0) is 14.0. The molecule has 0 spiro atoms. The topological polar surface area (TPSA) is 59.6 Å². The molecule has 1 aromatic carbocycles. The highest BCUT2D eigenvalue weighted by molar-refractivity contribution is 5.79. The maximum absolute atomic E-state index is 5.91. The minimum absolute atomic E-state index is 0.0477. The molecule has 0 unspecified atom stereocenters. The number of guanidine groups is 1. The number of benzene rings is 1. The highest BCUT2D eigenvalue weighted by Gasteiger charge is 2.38. The van der Waals surface area contributed by atoms with Gasteiger partial charge in [0.05, 0.1) is 13.2 Å². The number of nitrogens with one attached hydrogen (secondary N) is 1. The van der Waals surface area contributed by atoms with Gasteiger partial charge in [0.25, 0.3) is 0 Å². The molecule has 3 N–H and O–H groups in total. The van der Waals surface area contributed by atoms with Crippen LogP contribution in [0.1, 0.15) is 38.7 Å². The first-order chi connectivity index (χ1) is 8.89. The Morgan fingerprint density at radius 2 is 2.16 bits per heavy atom. The number of nitrogens with two attached hydrogens (primary N) is 1. The van der Waals surface area contributed by atoms with E-state index in [1.807, 2.05) is 12.1 Å². The molecule has 1 saturated carbocycles. The van der Waals surface area contributed by atoms with Gasteiger partial charge in [-0.25, -0.2) is 4.99 Å². The summed E-state index contributed by atoms with van der Waals surface area (Å²) >= 11 is 0. The van der Waals surface area contributed by atoms with E-state index < -0.39 is 0 Å². The predicted octanol–water partition coefficient (Wildman–Crippen LogP) is 2.25. The first-order valence-corrected chi connectivity index (χ1v) is 6.64. The van der Waals surface area contributed by atoms with Gasteiger partial charge in [-0.1, -0.05) is 12.1 Å². The smallest absolute Gasteiger partial charge is 0.189 e. The molecule has 1 aromatic rings. The minimum Gasteiger partial charge on any atom is -0.497 e. The molecule has 1 fully saturated rings. The Balaban J connectivity index is 1.98. The van der Waals surface area contributed by atoms with E-state index in [9.17, 15) is 0 Å². The van der Waals surface area contributed by atoms with E-state index in [2.05, 4.69) is 43.2 Å². The number of ether oxygens (including phenoxy) is 1. The van der Waals surface area contributed by atoms with Crippen molar-refractivity contribution < 1.29 is 4.74 Å². The second-order valence-electron chi connectivity index (χ2n) is 6.08. The van der Waals surface area contributed by atoms with Crippen LogP contribution in [0.2, 0.25) is 0 Å². The highest BCUT2D eigenvalue weighted by atomic mass is 16.5. The summed E-state index contributed by atoms with van der Waals surface area (Å²) in [6.07, 6.45) is 1.06. The summed E-state index contributed by atoms with van der Waals surface area (Å²) in [5, 5.41) is 3.19. The summed E-state index contributed by atoms with van der Waals surface area (Å²) in [5.41, 5.74) is 7.14. The lowest BCUT2D eigenvalue weighted by Gasteiger charge is -2.21. The summed E-state index contributed by atoms with van der Waals surface area (Å²) < 4.78 is 5.24. The molecule has 19 heavy (non-hydrogen) atoms. The predicted molar refractivity (Wildman–Crippen MR) is 78.7 cm³/mol. The van der Waals surface area contributed by atoms with E-state index in [4.69, 9.17) is 10.5 Å². The van der Waals surface area contributed by atoms with Crippen LogP contribution in [0.5, 0.6) is 5.75 Å². The largest absolute Gasteiger partial charge is 0.497 e. The zero-order valence-corrected chi connectivity index (χ0v) is 12.1. The van der Waals surface area contributed by atoms with Crippen molar-refractivity contribution in [2.45, 2.75) is 44.7 Å². The summed E-state index contributed by atoms with van der Waals surface area (Å²) in [6.45, 7) is 6.21. The van der Waals surface area contributed by atoms with Gasteiger partial charge in [0.2, 0.25) is 0 Å². The number of nitrogens with zero attached hydrogens (tertiary/aromatic N) is 1. The van der Waals surface area contributed by atoms with Gasteiger partial charge in [-0.05, 0) is 44.9 Å². The molecule has 0 aromatic heterocycles. The van der Waals surface area contributed by atoms with Gasteiger partial charge < -0.3 is 15.8 Å². The fraction of sp³-hybridized carbons (Fsp3) is 0.533. The lowest BCUT2D eigenvalue weighted by Crippen LogP contribution is -2.45. The molecule has 2 rings (SSSR count). The van der Waals surface area contributed by atoms with Crippen LogP contribution in [-0.4, -0.2) is 24.7 Å². The molecule has 0 bridgehead atoms. The second-order valence-corrected chi connectivity index (χ2v) is 6.08. The average Bonchev–Trinajstić information content (AvgIpc) is 3.05. The molecule has 4 heteroatoms. The third kappa shape index (κ3) is 3.88. The number of aliphatic imine (C=N–C) groups is 1. The number of hydrogen-bond acceptors (Lipinski definition) is 2. The highest BCUT2D eigenvalue weighted by Crippen LogP contribution is 2.44. The Hall–Kier alpha value is -1.71. The van der Waals surface area contributed by atoms with E-state index in [-0.39, 0.29) is 5.54 Å². The van der Waals surface area contributed by atoms with Crippen LogP contribution in [0, 0.1) is 0 Å². The van der Waals surface area contributed by atoms with Gasteiger partial charge in [0.1, 0.15) is 5.75 Å². The van der Waals surface area contributed by atoms with Gasteiger partial charge in [-0.3, -0.25) is 0 Å². The van der Waals surface area contributed by atoms with Crippen molar-refractivity contribution in [2.24, 2.45) is 10.7 Å². The Morgan fingerprint density at radius 3 is 2.79 bits per heavy atom. The SMILES string of the molecule is COc1cccc([C@@H]2C[C@H]2N=C(N)NC(C)(C)C)c1. The van der Waals surface area contributed by atoms with Gasteiger partial charge in [0, 0.05) is 11.5 Å². The minimum atomic E-state index is -0.0477. The summed E-state index contributed by atoms with van der Waals surface area (Å²) in [7, 11) is 1.69. The number of methoxy groups -OCH3 is 1. The van der Waals surface area contributed by atoms with Crippen LogP contribution < -0.4 is 15.8 Å². The molecule has 0 aliphatic heterocycles. The van der Waals surface area contributed by atoms with Crippen LogP contribution in [0.15, 0.2) is 29.3 Å². The Morgan fingerprint density at radius 1 is 1.42 bits per heavy atom. The maximum Gasteiger partial charge on any atom is 0.189 e. The zero-order valence-electron chi connectivity index (χ0n) is 12.1. The van der Waals surface area contributed by atoms with Crippen LogP contribution in [0.3, 0.4) is 0 Å². The standard InChI is InChI=1S/C15H23N3O/c1-15(2,3)18-14(16)17-13-9-12(13)10-6-5-7-11(8-10)19-4/h5-8,12-13H,9H2,1-4H3,(H3,16,17,18)/t12-,13+/m0/s1. The summed E-state index contributed by atoms with van der Waals surface area (Å²) in [4.78, 5) is 4.53. The molecule has 2 atom stereocenters. The first-order valence-electron chi connectivity index (χ1n) is 6.64. The van der Waals surface area contributed by atoms with E-state index in [0.29, 0.717) is 17.9 Å². The van der Waals surface area contributed by atoms with Gasteiger partial charge in [-0.15, -0.1) is 0 Å². The fourth-order valence-corrected chi connectivity index (χ4v) is 2.15. The average molecular weight is 261 g/mol. The van der Waals surface area contributed by atoms with Crippen molar-refractivity contribution in [1.29, 1.82) is 0 Å². The van der Waals surface area contributed by atoms with E-state index in [1.165, 1.54) is 5.56 Å². The summed E-state index contributed by atoms with van der Waals surface area (Å²) in [6, 6.07) is 8.47. The molecule has 0 saturated heterocycles. The maximum atomic E-state index is 5.91. The van der Waals surface area contributed by atoms with Crippen LogP contribution in [0.25, 0.3) is 0 Å². The molecule has 0 amide bonds. The van der Waals surface area contributed by atoms with Crippen molar-refractivity contribution in [3.05, 3.63) is 29.8 Å². The first kappa shape index (κ1) is 13.7. The third-order valence-electron chi connectivity index (χ3n) is 3.09. The van der Waals surface area contributed by atoms with Crippen LogP contribution in [-0.2, 0) is 0 Å². The number of rotatable bonds is 3. The Labute approximate surface area is 115 Å². The second kappa shape index (κ2) is 5.11. The quantitative estimate of drug-likeness (QED) is 0.648. The molecule has 0 radical (unpaired) electrons. The Kier molecular flexibility index (Phi) is 3.69. The van der Waals surface area contributed by atoms with E-state index in [1.54, 1.807) is 7.11 Å². The van der Waals surface area contributed by atoms with Crippen molar-refractivity contribution >= 4 is 5.96 Å². The van der Waals surface area contributed by atoms with E-state index in [0.717, 1.165) is 12.2 Å². The van der Waals surface area contributed by atoms with Gasteiger partial charge in [-0.2, -0.15) is 0 Å².